The Bertz CT molecular complexity index is 797. The van der Waals surface area contributed by atoms with Gasteiger partial charge in [-0.1, -0.05) is 6.07 Å². The van der Waals surface area contributed by atoms with Gasteiger partial charge >= 0.3 is 0 Å². The number of non-ortho nitro benzene ring substituents is 1. The number of carbonyl (C=O) groups excluding carboxylic acids is 1. The maximum absolute atomic E-state index is 12.0. The van der Waals surface area contributed by atoms with Crippen molar-refractivity contribution in [2.75, 3.05) is 6.61 Å². The second-order valence-corrected chi connectivity index (χ2v) is 5.04. The number of aliphatic hydroxyl groups is 1. The number of benzene rings is 1. The van der Waals surface area contributed by atoms with Crippen molar-refractivity contribution in [2.24, 2.45) is 5.10 Å². The molecule has 0 radical (unpaired) electrons. The molecule has 0 aliphatic heterocycles. The Labute approximate surface area is 137 Å². The van der Waals surface area contributed by atoms with E-state index in [0.29, 0.717) is 12.2 Å². The van der Waals surface area contributed by atoms with Crippen LogP contribution in [-0.2, 0) is 6.54 Å². The first-order valence-corrected chi connectivity index (χ1v) is 7.16. The molecule has 0 aliphatic carbocycles. The number of nitrogens with zero attached hydrogens (tertiary/aromatic N) is 4. The number of aryl methyl sites for hydroxylation is 1. The van der Waals surface area contributed by atoms with Crippen LogP contribution in [0.1, 0.15) is 27.3 Å². The number of aromatic nitrogens is 2. The molecule has 0 fully saturated rings. The zero-order chi connectivity index (χ0) is 17.7. The van der Waals surface area contributed by atoms with Gasteiger partial charge in [0.15, 0.2) is 0 Å². The molecule has 1 heterocycles. The van der Waals surface area contributed by atoms with Gasteiger partial charge in [-0.05, 0) is 19.9 Å². The molecule has 0 spiro atoms. The molecule has 9 nitrogen and oxygen atoms in total. The lowest BCUT2D eigenvalue weighted by atomic mass is 10.2. The number of hydrazone groups is 1. The Balaban J connectivity index is 2.10. The van der Waals surface area contributed by atoms with Crippen molar-refractivity contribution in [2.45, 2.75) is 20.4 Å². The number of amides is 1. The van der Waals surface area contributed by atoms with Gasteiger partial charge in [-0.2, -0.15) is 10.2 Å². The molecule has 0 atom stereocenters. The highest BCUT2D eigenvalue weighted by atomic mass is 16.6. The van der Waals surface area contributed by atoms with Crippen LogP contribution in [0.3, 0.4) is 0 Å². The smallest absolute Gasteiger partial charge is 0.271 e. The van der Waals surface area contributed by atoms with Gasteiger partial charge in [-0.25, -0.2) is 5.43 Å². The van der Waals surface area contributed by atoms with Gasteiger partial charge in [0.2, 0.25) is 0 Å². The molecule has 0 saturated heterocycles. The van der Waals surface area contributed by atoms with Crippen molar-refractivity contribution < 1.29 is 14.8 Å². The molecule has 9 heteroatoms. The summed E-state index contributed by atoms with van der Waals surface area (Å²) in [6, 6.07) is 5.39. The van der Waals surface area contributed by atoms with E-state index in [9.17, 15) is 14.9 Å². The van der Waals surface area contributed by atoms with Gasteiger partial charge in [-0.3, -0.25) is 19.6 Å². The average Bonchev–Trinajstić information content (AvgIpc) is 2.82. The van der Waals surface area contributed by atoms with E-state index in [1.54, 1.807) is 11.6 Å². The Morgan fingerprint density at radius 3 is 2.92 bits per heavy atom. The highest BCUT2D eigenvalue weighted by Gasteiger charge is 2.12. The third-order valence-electron chi connectivity index (χ3n) is 3.43. The van der Waals surface area contributed by atoms with Crippen LogP contribution in [0.25, 0.3) is 0 Å². The highest BCUT2D eigenvalue weighted by molar-refractivity contribution is 5.95. The summed E-state index contributed by atoms with van der Waals surface area (Å²) in [5.74, 6) is -0.548. The highest BCUT2D eigenvalue weighted by Crippen LogP contribution is 2.13. The van der Waals surface area contributed by atoms with Crippen LogP contribution in [-0.4, -0.2) is 38.5 Å². The number of nitro groups is 1. The molecule has 1 aromatic heterocycles. The van der Waals surface area contributed by atoms with Crippen LogP contribution < -0.4 is 5.43 Å². The number of hydrogen-bond donors (Lipinski definition) is 2. The first-order valence-electron chi connectivity index (χ1n) is 7.16. The first kappa shape index (κ1) is 17.3. The minimum atomic E-state index is -0.567. The fourth-order valence-electron chi connectivity index (χ4n) is 2.19. The fraction of sp³-hybridized carbons (Fsp3) is 0.267. The predicted octanol–water partition coefficient (Wildman–Crippen LogP) is 1.16. The number of nitrogens with one attached hydrogen (secondary N) is 1. The van der Waals surface area contributed by atoms with Gasteiger partial charge < -0.3 is 5.11 Å². The molecule has 0 unspecified atom stereocenters. The van der Waals surface area contributed by atoms with Gasteiger partial charge in [-0.15, -0.1) is 0 Å². The van der Waals surface area contributed by atoms with Gasteiger partial charge in [0.25, 0.3) is 11.6 Å². The maximum Gasteiger partial charge on any atom is 0.271 e. The van der Waals surface area contributed by atoms with Gasteiger partial charge in [0.1, 0.15) is 0 Å². The molecule has 2 N–H and O–H groups in total. The quantitative estimate of drug-likeness (QED) is 0.467. The largest absolute Gasteiger partial charge is 0.394 e. The van der Waals surface area contributed by atoms with Crippen molar-refractivity contribution in [3.8, 4) is 0 Å². The summed E-state index contributed by atoms with van der Waals surface area (Å²) in [6.45, 7) is 3.98. The summed E-state index contributed by atoms with van der Waals surface area (Å²) >= 11 is 0. The zero-order valence-electron chi connectivity index (χ0n) is 13.3. The van der Waals surface area contributed by atoms with Crippen molar-refractivity contribution in [3.05, 3.63) is 56.9 Å². The lowest BCUT2D eigenvalue weighted by Crippen LogP contribution is -2.17. The van der Waals surface area contributed by atoms with Crippen molar-refractivity contribution >= 4 is 17.8 Å². The Morgan fingerprint density at radius 2 is 2.25 bits per heavy atom. The number of hydrogen-bond acceptors (Lipinski definition) is 6. The topological polar surface area (TPSA) is 123 Å². The standard InChI is InChI=1S/C15H17N5O4/c1-10-14(11(2)19(18-10)6-7-21)9-16-17-15(22)12-4-3-5-13(8-12)20(23)24/h3-5,8-9,21H,6-7H2,1-2H3,(H,17,22)/b16-9+. The van der Waals surface area contributed by atoms with E-state index in [2.05, 4.69) is 15.6 Å². The van der Waals surface area contributed by atoms with Gasteiger partial charge in [0.05, 0.1) is 30.0 Å². The van der Waals surface area contributed by atoms with E-state index < -0.39 is 10.8 Å². The second-order valence-electron chi connectivity index (χ2n) is 5.04. The Morgan fingerprint density at radius 1 is 1.50 bits per heavy atom. The normalized spacial score (nSPS) is 11.0. The van der Waals surface area contributed by atoms with Crippen molar-refractivity contribution in [3.63, 3.8) is 0 Å². The van der Waals surface area contributed by atoms with Crippen LogP contribution >= 0.6 is 0 Å². The van der Waals surface area contributed by atoms with E-state index >= 15 is 0 Å². The lowest BCUT2D eigenvalue weighted by Gasteiger charge is -2.01. The molecule has 126 valence electrons. The minimum absolute atomic E-state index is 0.0257. The number of rotatable bonds is 6. The molecular weight excluding hydrogens is 314 g/mol. The molecule has 1 aromatic carbocycles. The van der Waals surface area contributed by atoms with Crippen molar-refractivity contribution in [1.29, 1.82) is 0 Å². The van der Waals surface area contributed by atoms with Crippen LogP contribution in [0, 0.1) is 24.0 Å². The van der Waals surface area contributed by atoms with Crippen LogP contribution in [0.15, 0.2) is 29.4 Å². The SMILES string of the molecule is Cc1nn(CCO)c(C)c1/C=N/NC(=O)c1cccc([N+](=O)[O-])c1. The summed E-state index contributed by atoms with van der Waals surface area (Å²) in [5.41, 5.74) is 4.58. The van der Waals surface area contributed by atoms with Crippen LogP contribution in [0.4, 0.5) is 5.69 Å². The molecule has 1 amide bonds. The number of nitro benzene ring substituents is 1. The van der Waals surface area contributed by atoms with E-state index in [-0.39, 0.29) is 17.9 Å². The molecule has 2 aromatic rings. The predicted molar refractivity (Wildman–Crippen MR) is 86.9 cm³/mol. The van der Waals surface area contributed by atoms with Crippen LogP contribution in [0.2, 0.25) is 0 Å². The zero-order valence-corrected chi connectivity index (χ0v) is 13.3. The molecule has 2 rings (SSSR count). The summed E-state index contributed by atoms with van der Waals surface area (Å²) in [5, 5.41) is 27.8. The third-order valence-corrected chi connectivity index (χ3v) is 3.43. The Kier molecular flexibility index (Phi) is 5.38. The van der Waals surface area contributed by atoms with E-state index in [4.69, 9.17) is 5.11 Å². The first-order chi connectivity index (χ1) is 11.4. The molecule has 0 saturated carbocycles. The van der Waals surface area contributed by atoms with E-state index in [1.807, 2.05) is 6.92 Å². The third kappa shape index (κ3) is 3.82. The molecular formula is C15H17N5O4. The molecule has 24 heavy (non-hydrogen) atoms. The molecule has 0 bridgehead atoms. The lowest BCUT2D eigenvalue weighted by molar-refractivity contribution is -0.384. The summed E-state index contributed by atoms with van der Waals surface area (Å²) < 4.78 is 1.65. The fourth-order valence-corrected chi connectivity index (χ4v) is 2.19. The summed E-state index contributed by atoms with van der Waals surface area (Å²) in [6.07, 6.45) is 1.46. The van der Waals surface area contributed by atoms with E-state index in [0.717, 1.165) is 11.3 Å². The van der Waals surface area contributed by atoms with E-state index in [1.165, 1.54) is 30.5 Å². The summed E-state index contributed by atoms with van der Waals surface area (Å²) in [7, 11) is 0. The van der Waals surface area contributed by atoms with Crippen LogP contribution in [0.5, 0.6) is 0 Å². The maximum atomic E-state index is 12.0. The number of aliphatic hydroxyl groups excluding tert-OH is 1. The Hall–Kier alpha value is -3.07. The summed E-state index contributed by atoms with van der Waals surface area (Å²) in [4.78, 5) is 22.1. The van der Waals surface area contributed by atoms with Crippen molar-refractivity contribution in [1.82, 2.24) is 15.2 Å². The minimum Gasteiger partial charge on any atom is -0.394 e. The monoisotopic (exact) mass is 331 g/mol. The molecule has 0 aliphatic rings. The average molecular weight is 331 g/mol. The number of carbonyl (C=O) groups is 1. The second kappa shape index (κ2) is 7.47. The van der Waals surface area contributed by atoms with Gasteiger partial charge in [0, 0.05) is 29.0 Å².